The van der Waals surface area contributed by atoms with Gasteiger partial charge in [-0.25, -0.2) is 0 Å². The van der Waals surface area contributed by atoms with Crippen LogP contribution < -0.4 is 5.73 Å². The summed E-state index contributed by atoms with van der Waals surface area (Å²) in [6, 6.07) is 1.83. The predicted octanol–water partition coefficient (Wildman–Crippen LogP) is 1.29. The lowest BCUT2D eigenvalue weighted by molar-refractivity contribution is -0.109. The Morgan fingerprint density at radius 3 is 2.53 bits per heavy atom. The quantitative estimate of drug-likeness (QED) is 0.731. The first-order valence-electron chi connectivity index (χ1n) is 4.82. The lowest BCUT2D eigenvalue weighted by atomic mass is 10.1. The van der Waals surface area contributed by atoms with Crippen molar-refractivity contribution in [2.75, 3.05) is 5.73 Å². The van der Waals surface area contributed by atoms with Crippen LogP contribution in [0.3, 0.4) is 0 Å². The van der Waals surface area contributed by atoms with Gasteiger partial charge in [-0.15, -0.1) is 0 Å². The SMILES string of the molecule is CCC(C#N)C=O.CCc1cn[nH]c1N. The second-order valence-corrected chi connectivity index (χ2v) is 2.94. The number of hydrogen-bond donors (Lipinski definition) is 2. The smallest absolute Gasteiger partial charge is 0.137 e. The van der Waals surface area contributed by atoms with Crippen LogP contribution in [-0.4, -0.2) is 16.5 Å². The van der Waals surface area contributed by atoms with Crippen LogP contribution in [0.25, 0.3) is 0 Å². The number of nitrogen functional groups attached to an aromatic ring is 1. The van der Waals surface area contributed by atoms with Crippen molar-refractivity contribution in [2.45, 2.75) is 26.7 Å². The number of aldehydes is 1. The molecule has 82 valence electrons. The number of aromatic nitrogens is 2. The van der Waals surface area contributed by atoms with Gasteiger partial charge in [0.05, 0.1) is 12.3 Å². The molecule has 0 saturated heterocycles. The fourth-order valence-corrected chi connectivity index (χ4v) is 0.821. The number of carbonyl (C=O) groups is 1. The molecule has 1 rings (SSSR count). The average molecular weight is 208 g/mol. The van der Waals surface area contributed by atoms with Crippen LogP contribution in [0.2, 0.25) is 0 Å². The lowest BCUT2D eigenvalue weighted by Gasteiger charge is -1.86. The molecule has 1 unspecified atom stereocenters. The second kappa shape index (κ2) is 7.56. The van der Waals surface area contributed by atoms with E-state index in [1.807, 2.05) is 19.9 Å². The number of aryl methyl sites for hydroxylation is 1. The molecule has 1 aromatic rings. The van der Waals surface area contributed by atoms with Gasteiger partial charge < -0.3 is 10.5 Å². The first-order valence-corrected chi connectivity index (χ1v) is 4.82. The zero-order chi connectivity index (χ0) is 11.7. The minimum atomic E-state index is -0.389. The highest BCUT2D eigenvalue weighted by Crippen LogP contribution is 2.04. The van der Waals surface area contributed by atoms with E-state index in [1.165, 1.54) is 0 Å². The number of hydrogen-bond acceptors (Lipinski definition) is 4. The largest absolute Gasteiger partial charge is 0.384 e. The minimum absolute atomic E-state index is 0.389. The molecule has 0 aliphatic heterocycles. The summed E-state index contributed by atoms with van der Waals surface area (Å²) in [6.07, 6.45) is 3.98. The van der Waals surface area contributed by atoms with Crippen LogP contribution in [0.4, 0.5) is 5.82 Å². The maximum absolute atomic E-state index is 9.74. The van der Waals surface area contributed by atoms with E-state index < -0.39 is 0 Å². The Morgan fingerprint density at radius 1 is 1.73 bits per heavy atom. The average Bonchev–Trinajstić information content (AvgIpc) is 2.67. The molecular weight excluding hydrogens is 192 g/mol. The van der Waals surface area contributed by atoms with Crippen molar-refractivity contribution in [1.29, 1.82) is 5.26 Å². The van der Waals surface area contributed by atoms with E-state index in [0.29, 0.717) is 18.5 Å². The number of anilines is 1. The predicted molar refractivity (Wildman–Crippen MR) is 57.8 cm³/mol. The van der Waals surface area contributed by atoms with Gasteiger partial charge in [0.1, 0.15) is 18.0 Å². The summed E-state index contributed by atoms with van der Waals surface area (Å²) in [7, 11) is 0. The first kappa shape index (κ1) is 13.2. The molecule has 5 heteroatoms. The number of nitrogens with two attached hydrogens (primary N) is 1. The molecule has 0 aromatic carbocycles. The number of nitrogens with zero attached hydrogens (tertiary/aromatic N) is 2. The Labute approximate surface area is 89.3 Å². The highest BCUT2D eigenvalue weighted by atomic mass is 16.1. The van der Waals surface area contributed by atoms with Gasteiger partial charge in [-0.2, -0.15) is 10.4 Å². The maximum atomic E-state index is 9.74. The van der Waals surface area contributed by atoms with Crippen LogP contribution >= 0.6 is 0 Å². The van der Waals surface area contributed by atoms with E-state index in [-0.39, 0.29) is 5.92 Å². The number of carbonyl (C=O) groups excluding carboxylic acids is 1. The molecule has 0 bridgehead atoms. The number of H-pyrrole nitrogens is 1. The Morgan fingerprint density at radius 2 is 2.40 bits per heavy atom. The van der Waals surface area contributed by atoms with Crippen molar-refractivity contribution in [2.24, 2.45) is 5.92 Å². The van der Waals surface area contributed by atoms with Crippen LogP contribution in [0.15, 0.2) is 6.20 Å². The molecule has 15 heavy (non-hydrogen) atoms. The summed E-state index contributed by atoms with van der Waals surface area (Å²) < 4.78 is 0. The van der Waals surface area contributed by atoms with E-state index in [2.05, 4.69) is 10.2 Å². The molecule has 0 amide bonds. The van der Waals surface area contributed by atoms with Crippen molar-refractivity contribution in [1.82, 2.24) is 10.2 Å². The summed E-state index contributed by atoms with van der Waals surface area (Å²) in [5.41, 5.74) is 6.52. The third-order valence-corrected chi connectivity index (χ3v) is 1.90. The molecule has 0 saturated carbocycles. The summed E-state index contributed by atoms with van der Waals surface area (Å²) >= 11 is 0. The number of nitriles is 1. The topological polar surface area (TPSA) is 95.6 Å². The normalized spacial score (nSPS) is 10.7. The minimum Gasteiger partial charge on any atom is -0.384 e. The molecule has 0 aliphatic rings. The number of rotatable bonds is 3. The summed E-state index contributed by atoms with van der Waals surface area (Å²) in [4.78, 5) is 9.74. The van der Waals surface area contributed by atoms with Crippen molar-refractivity contribution < 1.29 is 4.79 Å². The molecule has 5 nitrogen and oxygen atoms in total. The van der Waals surface area contributed by atoms with Gasteiger partial charge in [0.2, 0.25) is 0 Å². The molecule has 0 fully saturated rings. The van der Waals surface area contributed by atoms with Gasteiger partial charge in [0.15, 0.2) is 0 Å². The van der Waals surface area contributed by atoms with E-state index in [4.69, 9.17) is 11.0 Å². The maximum Gasteiger partial charge on any atom is 0.137 e. The van der Waals surface area contributed by atoms with E-state index in [1.54, 1.807) is 6.20 Å². The standard InChI is InChI=1S/C5H9N3.C5H7NO/c1-2-4-3-7-8-5(4)6;1-2-5(3-6)4-7/h3H,2H2,1H3,(H3,6,7,8);4-5H,2H2,1H3. The zero-order valence-corrected chi connectivity index (χ0v) is 9.03. The van der Waals surface area contributed by atoms with E-state index in [0.717, 1.165) is 12.0 Å². The molecule has 0 radical (unpaired) electrons. The van der Waals surface area contributed by atoms with Crippen molar-refractivity contribution in [3.8, 4) is 6.07 Å². The summed E-state index contributed by atoms with van der Waals surface area (Å²) in [5.74, 6) is 0.299. The van der Waals surface area contributed by atoms with Crippen molar-refractivity contribution in [3.05, 3.63) is 11.8 Å². The van der Waals surface area contributed by atoms with Crippen LogP contribution in [0.1, 0.15) is 25.8 Å². The van der Waals surface area contributed by atoms with Crippen molar-refractivity contribution >= 4 is 12.1 Å². The van der Waals surface area contributed by atoms with Crippen molar-refractivity contribution in [3.63, 3.8) is 0 Å². The Bertz CT molecular complexity index is 326. The fourth-order valence-electron chi connectivity index (χ4n) is 0.821. The van der Waals surface area contributed by atoms with Crippen LogP contribution in [0.5, 0.6) is 0 Å². The molecular formula is C10H16N4O. The fraction of sp³-hybridized carbons (Fsp3) is 0.500. The monoisotopic (exact) mass is 208 g/mol. The lowest BCUT2D eigenvalue weighted by Crippen LogP contribution is -1.93. The van der Waals surface area contributed by atoms with E-state index >= 15 is 0 Å². The van der Waals surface area contributed by atoms with Gasteiger partial charge in [0.25, 0.3) is 0 Å². The van der Waals surface area contributed by atoms with Gasteiger partial charge >= 0.3 is 0 Å². The van der Waals surface area contributed by atoms with Gasteiger partial charge in [0, 0.05) is 5.56 Å². The Balaban J connectivity index is 0.000000265. The number of aromatic amines is 1. The highest BCUT2D eigenvalue weighted by molar-refractivity contribution is 5.57. The zero-order valence-electron chi connectivity index (χ0n) is 9.03. The molecule has 1 atom stereocenters. The third-order valence-electron chi connectivity index (χ3n) is 1.90. The van der Waals surface area contributed by atoms with Gasteiger partial charge in [-0.1, -0.05) is 13.8 Å². The van der Waals surface area contributed by atoms with Gasteiger partial charge in [-0.3, -0.25) is 5.10 Å². The molecule has 3 N–H and O–H groups in total. The third kappa shape index (κ3) is 4.81. The van der Waals surface area contributed by atoms with Crippen LogP contribution in [0, 0.1) is 17.2 Å². The second-order valence-electron chi connectivity index (χ2n) is 2.94. The Hall–Kier alpha value is -1.83. The van der Waals surface area contributed by atoms with Crippen LogP contribution in [-0.2, 0) is 11.2 Å². The first-order chi connectivity index (χ1) is 7.19. The molecule has 1 heterocycles. The summed E-state index contributed by atoms with van der Waals surface area (Å²) in [5, 5.41) is 14.4. The molecule has 0 spiro atoms. The summed E-state index contributed by atoms with van der Waals surface area (Å²) in [6.45, 7) is 3.85. The van der Waals surface area contributed by atoms with E-state index in [9.17, 15) is 4.79 Å². The highest BCUT2D eigenvalue weighted by Gasteiger charge is 1.97. The van der Waals surface area contributed by atoms with Gasteiger partial charge in [-0.05, 0) is 12.8 Å². The Kier molecular flexibility index (Phi) is 6.64. The molecule has 0 aliphatic carbocycles. The number of nitrogens with one attached hydrogen (secondary N) is 1. The molecule has 1 aromatic heterocycles.